The molecule has 0 N–H and O–H groups in total. The zero-order chi connectivity index (χ0) is 20.0. The van der Waals surface area contributed by atoms with E-state index < -0.39 is 0 Å². The molecule has 2 heterocycles. The van der Waals surface area contributed by atoms with Crippen LogP contribution in [0.3, 0.4) is 0 Å². The van der Waals surface area contributed by atoms with Gasteiger partial charge in [0.25, 0.3) is 0 Å². The predicted octanol–water partition coefficient (Wildman–Crippen LogP) is 8.08. The normalized spacial score (nSPS) is 12.0. The van der Waals surface area contributed by atoms with Gasteiger partial charge in [0.05, 0.1) is 10.4 Å². The second-order valence-electron chi connectivity index (χ2n) is 8.48. The first-order valence-electron chi connectivity index (χ1n) is 9.99. The van der Waals surface area contributed by atoms with Crippen LogP contribution in [-0.2, 0) is 5.41 Å². The largest absolute Gasteiger partial charge is 0.255 e. The van der Waals surface area contributed by atoms with E-state index in [1.165, 1.54) is 42.4 Å². The van der Waals surface area contributed by atoms with Crippen LogP contribution in [-0.4, -0.2) is 4.98 Å². The topological polar surface area (TPSA) is 12.9 Å². The molecular weight excluding hydrogens is 370 g/mol. The lowest BCUT2D eigenvalue weighted by atomic mass is 9.81. The fraction of sp³-hybridized carbons (Fsp3) is 0.148. The van der Waals surface area contributed by atoms with E-state index in [2.05, 4.69) is 99.6 Å². The number of aromatic nitrogens is 1. The fourth-order valence-corrected chi connectivity index (χ4v) is 5.34. The Morgan fingerprint density at radius 1 is 0.655 bits per heavy atom. The van der Waals surface area contributed by atoms with Gasteiger partial charge in [0.1, 0.15) is 0 Å². The Morgan fingerprint density at radius 3 is 2.10 bits per heavy atom. The van der Waals surface area contributed by atoms with Crippen LogP contribution in [0.1, 0.15) is 26.3 Å². The molecule has 0 saturated heterocycles. The summed E-state index contributed by atoms with van der Waals surface area (Å²) in [7, 11) is 0. The second kappa shape index (κ2) is 6.82. The summed E-state index contributed by atoms with van der Waals surface area (Å²) < 4.78 is 2.57. The van der Waals surface area contributed by atoms with E-state index in [0.717, 1.165) is 5.69 Å². The first kappa shape index (κ1) is 18.1. The molecular formula is C27H23NS. The average molecular weight is 394 g/mol. The number of rotatable bonds is 2. The Morgan fingerprint density at radius 2 is 1.31 bits per heavy atom. The van der Waals surface area contributed by atoms with Crippen LogP contribution < -0.4 is 0 Å². The highest BCUT2D eigenvalue weighted by molar-refractivity contribution is 7.26. The molecule has 0 radical (unpaired) electrons. The molecule has 0 amide bonds. The number of fused-ring (bicyclic) bond motifs is 3. The Balaban J connectivity index is 1.81. The van der Waals surface area contributed by atoms with Gasteiger partial charge in [0, 0.05) is 27.2 Å². The highest BCUT2D eigenvalue weighted by atomic mass is 32.1. The summed E-state index contributed by atoms with van der Waals surface area (Å²) >= 11 is 1.83. The summed E-state index contributed by atoms with van der Waals surface area (Å²) in [6.07, 6.45) is 1.95. The Kier molecular flexibility index (Phi) is 4.25. The third kappa shape index (κ3) is 3.04. The minimum absolute atomic E-state index is 0.0702. The molecule has 0 aliphatic carbocycles. The molecule has 0 bridgehead atoms. The molecule has 142 valence electrons. The van der Waals surface area contributed by atoms with Gasteiger partial charge in [-0.05, 0) is 34.2 Å². The van der Waals surface area contributed by atoms with E-state index in [0.29, 0.717) is 0 Å². The van der Waals surface area contributed by atoms with Crippen molar-refractivity contribution in [1.82, 2.24) is 4.98 Å². The minimum atomic E-state index is 0.0702. The van der Waals surface area contributed by atoms with Crippen molar-refractivity contribution in [3.05, 3.63) is 90.6 Å². The third-order valence-electron chi connectivity index (χ3n) is 5.50. The summed E-state index contributed by atoms with van der Waals surface area (Å²) in [6.45, 7) is 6.83. The zero-order valence-electron chi connectivity index (χ0n) is 16.9. The van der Waals surface area contributed by atoms with Crippen molar-refractivity contribution in [2.45, 2.75) is 26.2 Å². The Bertz CT molecular complexity index is 1340. The van der Waals surface area contributed by atoms with E-state index in [4.69, 9.17) is 4.98 Å². The lowest BCUT2D eigenvalue weighted by Gasteiger charge is -2.24. The van der Waals surface area contributed by atoms with Crippen LogP contribution in [0.4, 0.5) is 0 Å². The van der Waals surface area contributed by atoms with Crippen molar-refractivity contribution in [3.63, 3.8) is 0 Å². The predicted molar refractivity (Wildman–Crippen MR) is 127 cm³/mol. The number of nitrogens with zero attached hydrogens (tertiary/aromatic N) is 1. The third-order valence-corrected chi connectivity index (χ3v) is 6.69. The lowest BCUT2D eigenvalue weighted by molar-refractivity contribution is 0.592. The van der Waals surface area contributed by atoms with E-state index >= 15 is 0 Å². The molecule has 0 fully saturated rings. The highest BCUT2D eigenvalue weighted by Crippen LogP contribution is 2.43. The molecule has 0 aliphatic rings. The molecule has 2 aromatic heterocycles. The zero-order valence-corrected chi connectivity index (χ0v) is 17.8. The van der Waals surface area contributed by atoms with E-state index in [-0.39, 0.29) is 5.41 Å². The summed E-state index contributed by atoms with van der Waals surface area (Å²) in [5.74, 6) is 0. The molecule has 0 saturated carbocycles. The monoisotopic (exact) mass is 393 g/mol. The highest BCUT2D eigenvalue weighted by Gasteiger charge is 2.21. The molecule has 3 aromatic carbocycles. The van der Waals surface area contributed by atoms with E-state index in [1.807, 2.05) is 17.5 Å². The Hall–Kier alpha value is -2.97. The smallest absolute Gasteiger partial charge is 0.0886 e. The van der Waals surface area contributed by atoms with Crippen molar-refractivity contribution >= 4 is 31.5 Å². The number of hydrogen-bond acceptors (Lipinski definition) is 2. The number of benzene rings is 3. The van der Waals surface area contributed by atoms with Crippen LogP contribution in [0.25, 0.3) is 42.6 Å². The maximum Gasteiger partial charge on any atom is 0.0886 e. The van der Waals surface area contributed by atoms with Crippen LogP contribution in [0.5, 0.6) is 0 Å². The van der Waals surface area contributed by atoms with Crippen molar-refractivity contribution in [2.24, 2.45) is 0 Å². The molecule has 2 heteroatoms. The second-order valence-corrected chi connectivity index (χ2v) is 9.53. The van der Waals surface area contributed by atoms with Gasteiger partial charge < -0.3 is 0 Å². The van der Waals surface area contributed by atoms with Crippen molar-refractivity contribution in [3.8, 4) is 22.4 Å². The maximum absolute atomic E-state index is 4.86. The quantitative estimate of drug-likeness (QED) is 0.295. The standard InChI is InChI=1S/C27H23NS/c1-27(2,3)23-14-8-6-11-19(23)18-10-4-5-13-21(18)25-26-22(16-17-28-25)20-12-7-9-15-24(20)29-26/h4-17H,1-3H3. The summed E-state index contributed by atoms with van der Waals surface area (Å²) in [5.41, 5.74) is 6.23. The van der Waals surface area contributed by atoms with Gasteiger partial charge in [0.15, 0.2) is 0 Å². The molecule has 0 spiro atoms. The van der Waals surface area contributed by atoms with E-state index in [1.54, 1.807) is 0 Å². The maximum atomic E-state index is 4.86. The van der Waals surface area contributed by atoms with E-state index in [9.17, 15) is 0 Å². The van der Waals surface area contributed by atoms with Gasteiger partial charge in [-0.3, -0.25) is 4.98 Å². The molecule has 29 heavy (non-hydrogen) atoms. The number of pyridine rings is 1. The van der Waals surface area contributed by atoms with Gasteiger partial charge in [-0.1, -0.05) is 87.5 Å². The SMILES string of the molecule is CC(C)(C)c1ccccc1-c1ccccc1-c1nccc2c1sc1ccccc12. The van der Waals surface area contributed by atoms with Crippen molar-refractivity contribution in [1.29, 1.82) is 0 Å². The molecule has 0 unspecified atom stereocenters. The van der Waals surface area contributed by atoms with Crippen LogP contribution in [0.2, 0.25) is 0 Å². The molecule has 0 aliphatic heterocycles. The number of thiophene rings is 1. The van der Waals surface area contributed by atoms with Crippen LogP contribution >= 0.6 is 11.3 Å². The molecule has 0 atom stereocenters. The van der Waals surface area contributed by atoms with Gasteiger partial charge in [-0.15, -0.1) is 11.3 Å². The summed E-state index contributed by atoms with van der Waals surface area (Å²) in [5, 5.41) is 2.60. The van der Waals surface area contributed by atoms with Crippen LogP contribution in [0, 0.1) is 0 Å². The van der Waals surface area contributed by atoms with Gasteiger partial charge in [-0.2, -0.15) is 0 Å². The average Bonchev–Trinajstić information content (AvgIpc) is 3.12. The van der Waals surface area contributed by atoms with Gasteiger partial charge in [-0.25, -0.2) is 0 Å². The van der Waals surface area contributed by atoms with Gasteiger partial charge in [0.2, 0.25) is 0 Å². The number of hydrogen-bond donors (Lipinski definition) is 0. The lowest BCUT2D eigenvalue weighted by Crippen LogP contribution is -2.12. The first-order valence-corrected chi connectivity index (χ1v) is 10.8. The summed E-state index contributed by atoms with van der Waals surface area (Å²) in [4.78, 5) is 4.86. The minimum Gasteiger partial charge on any atom is -0.255 e. The summed E-state index contributed by atoms with van der Waals surface area (Å²) in [6, 6.07) is 28.2. The van der Waals surface area contributed by atoms with Crippen LogP contribution in [0.15, 0.2) is 85.1 Å². The first-order chi connectivity index (χ1) is 14.0. The molecule has 5 rings (SSSR count). The van der Waals surface area contributed by atoms with Gasteiger partial charge >= 0.3 is 0 Å². The van der Waals surface area contributed by atoms with Crippen molar-refractivity contribution < 1.29 is 0 Å². The molecule has 1 nitrogen and oxygen atoms in total. The Labute approximate surface area is 175 Å². The molecule has 5 aromatic rings. The fourth-order valence-electron chi connectivity index (χ4n) is 4.14. The van der Waals surface area contributed by atoms with Crippen molar-refractivity contribution in [2.75, 3.05) is 0 Å².